The van der Waals surface area contributed by atoms with Gasteiger partial charge in [0.15, 0.2) is 0 Å². The molecule has 0 aliphatic heterocycles. The summed E-state index contributed by atoms with van der Waals surface area (Å²) >= 11 is 0. The maximum absolute atomic E-state index is 11.4. The number of hydrogen-bond donors (Lipinski definition) is 1. The van der Waals surface area contributed by atoms with Crippen molar-refractivity contribution >= 4 is 11.9 Å². The van der Waals surface area contributed by atoms with Crippen LogP contribution in [-0.4, -0.2) is 24.1 Å². The number of nitrogens with one attached hydrogen (secondary N) is 1. The van der Waals surface area contributed by atoms with E-state index < -0.39 is 17.5 Å². The lowest BCUT2D eigenvalue weighted by Crippen LogP contribution is -2.32. The molecule has 17 heavy (non-hydrogen) atoms. The summed E-state index contributed by atoms with van der Waals surface area (Å²) in [5.74, 6) is -1.24. The highest BCUT2D eigenvalue weighted by Gasteiger charge is 2.22. The Balaban J connectivity index is 3.99. The second kappa shape index (κ2) is 7.06. The molecule has 1 amide bonds. The molecule has 1 N–H and O–H groups in total. The summed E-state index contributed by atoms with van der Waals surface area (Å²) < 4.78 is 5.11. The number of amides is 1. The van der Waals surface area contributed by atoms with Crippen LogP contribution in [-0.2, 0) is 19.2 Å². The zero-order chi connectivity index (χ0) is 13.5. The third-order valence-corrected chi connectivity index (χ3v) is 1.71. The van der Waals surface area contributed by atoms with Crippen LogP contribution < -0.4 is 5.48 Å². The largest absolute Gasteiger partial charge is 0.460 e. The quantitative estimate of drug-likeness (QED) is 0.333. The van der Waals surface area contributed by atoms with Gasteiger partial charge in [-0.15, -0.1) is 6.58 Å². The first kappa shape index (κ1) is 15.6. The van der Waals surface area contributed by atoms with Gasteiger partial charge in [0, 0.05) is 5.92 Å². The Morgan fingerprint density at radius 2 is 2.00 bits per heavy atom. The minimum Gasteiger partial charge on any atom is -0.460 e. The van der Waals surface area contributed by atoms with Gasteiger partial charge >= 0.3 is 5.97 Å². The predicted molar refractivity (Wildman–Crippen MR) is 63.9 cm³/mol. The van der Waals surface area contributed by atoms with E-state index in [1.807, 2.05) is 0 Å². The number of ether oxygens (including phenoxy) is 1. The lowest BCUT2D eigenvalue weighted by molar-refractivity contribution is -0.158. The van der Waals surface area contributed by atoms with Gasteiger partial charge in [-0.25, -0.2) is 5.48 Å². The van der Waals surface area contributed by atoms with Crippen LogP contribution >= 0.6 is 0 Å². The van der Waals surface area contributed by atoms with E-state index in [2.05, 4.69) is 12.1 Å². The average Bonchev–Trinajstić information content (AvgIpc) is 2.14. The van der Waals surface area contributed by atoms with Crippen LogP contribution in [0, 0.1) is 5.92 Å². The number of carbonyl (C=O) groups is 2. The summed E-state index contributed by atoms with van der Waals surface area (Å²) in [7, 11) is 0. The topological polar surface area (TPSA) is 64.6 Å². The minimum absolute atomic E-state index is 0.0283. The molecule has 0 aromatic rings. The second-order valence-corrected chi connectivity index (χ2v) is 4.76. The molecule has 0 aliphatic rings. The lowest BCUT2D eigenvalue weighted by Gasteiger charge is -2.20. The fourth-order valence-electron chi connectivity index (χ4n) is 0.998. The van der Waals surface area contributed by atoms with Crippen molar-refractivity contribution in [3.8, 4) is 0 Å². The van der Waals surface area contributed by atoms with Crippen molar-refractivity contribution in [1.29, 1.82) is 0 Å². The molecule has 0 spiro atoms. The van der Waals surface area contributed by atoms with E-state index in [0.717, 1.165) is 0 Å². The molecule has 0 saturated carbocycles. The van der Waals surface area contributed by atoms with Crippen molar-refractivity contribution in [2.45, 2.75) is 39.7 Å². The molecular weight excluding hydrogens is 222 g/mol. The third kappa shape index (κ3) is 8.45. The van der Waals surface area contributed by atoms with Crippen molar-refractivity contribution < 1.29 is 19.2 Å². The summed E-state index contributed by atoms with van der Waals surface area (Å²) in [6.07, 6.45) is 1.54. The van der Waals surface area contributed by atoms with Gasteiger partial charge in [-0.05, 0) is 20.8 Å². The van der Waals surface area contributed by atoms with Gasteiger partial charge in [0.2, 0.25) is 5.91 Å². The monoisotopic (exact) mass is 243 g/mol. The second-order valence-electron chi connectivity index (χ2n) is 4.76. The minimum atomic E-state index is -0.535. The summed E-state index contributed by atoms with van der Waals surface area (Å²) in [6.45, 7) is 10.6. The molecule has 5 heteroatoms. The lowest BCUT2D eigenvalue weighted by atomic mass is 10.1. The van der Waals surface area contributed by atoms with E-state index >= 15 is 0 Å². The molecule has 0 rings (SSSR count). The highest BCUT2D eigenvalue weighted by atomic mass is 16.6. The average molecular weight is 243 g/mol. The molecule has 0 radical (unpaired) electrons. The fraction of sp³-hybridized carbons (Fsp3) is 0.667. The summed E-state index contributed by atoms with van der Waals surface area (Å²) in [4.78, 5) is 27.7. The molecule has 98 valence electrons. The summed E-state index contributed by atoms with van der Waals surface area (Å²) in [5.41, 5.74) is 1.70. The molecule has 0 saturated heterocycles. The molecule has 0 unspecified atom stereocenters. The van der Waals surface area contributed by atoms with E-state index in [9.17, 15) is 9.59 Å². The smallest absolute Gasteiger partial charge is 0.307 e. The van der Waals surface area contributed by atoms with Crippen LogP contribution in [0.1, 0.15) is 34.1 Å². The normalized spacial score (nSPS) is 12.7. The van der Waals surface area contributed by atoms with E-state index in [0.29, 0.717) is 0 Å². The molecular formula is C12H21NO4. The van der Waals surface area contributed by atoms with Crippen LogP contribution in [0.4, 0.5) is 0 Å². The molecule has 5 nitrogen and oxygen atoms in total. The molecule has 0 fully saturated rings. The Morgan fingerprint density at radius 1 is 1.41 bits per heavy atom. The first-order valence-electron chi connectivity index (χ1n) is 5.50. The van der Waals surface area contributed by atoms with E-state index in [1.165, 1.54) is 6.08 Å². The molecule has 1 atom stereocenters. The summed E-state index contributed by atoms with van der Waals surface area (Å²) in [5, 5.41) is 0. The van der Waals surface area contributed by atoms with Crippen LogP contribution in [0.3, 0.4) is 0 Å². The van der Waals surface area contributed by atoms with Crippen molar-refractivity contribution in [3.05, 3.63) is 12.7 Å². The predicted octanol–water partition coefficient (Wildman–Crippen LogP) is 1.59. The van der Waals surface area contributed by atoms with Crippen molar-refractivity contribution in [1.82, 2.24) is 5.48 Å². The Labute approximate surface area is 102 Å². The SMILES string of the molecule is C=CCONC(=O)[C@@H](C)CC(=O)OC(C)(C)C. The van der Waals surface area contributed by atoms with Gasteiger partial charge in [-0.1, -0.05) is 13.0 Å². The van der Waals surface area contributed by atoms with Crippen molar-refractivity contribution in [2.24, 2.45) is 5.92 Å². The van der Waals surface area contributed by atoms with E-state index in [4.69, 9.17) is 9.57 Å². The first-order chi connectivity index (χ1) is 7.76. The maximum Gasteiger partial charge on any atom is 0.307 e. The van der Waals surface area contributed by atoms with Gasteiger partial charge in [0.05, 0.1) is 13.0 Å². The number of carbonyl (C=O) groups excluding carboxylic acids is 2. The van der Waals surface area contributed by atoms with E-state index in [-0.39, 0.29) is 18.9 Å². The van der Waals surface area contributed by atoms with Gasteiger partial charge < -0.3 is 4.74 Å². The van der Waals surface area contributed by atoms with Crippen LogP contribution in [0.5, 0.6) is 0 Å². The third-order valence-electron chi connectivity index (χ3n) is 1.71. The molecule has 0 bridgehead atoms. The Bertz CT molecular complexity index is 281. The molecule has 0 aromatic heterocycles. The van der Waals surface area contributed by atoms with Crippen molar-refractivity contribution in [3.63, 3.8) is 0 Å². The molecule has 0 aromatic carbocycles. The first-order valence-corrected chi connectivity index (χ1v) is 5.50. The maximum atomic E-state index is 11.4. The van der Waals surface area contributed by atoms with Gasteiger partial charge in [-0.2, -0.15) is 0 Å². The van der Waals surface area contributed by atoms with E-state index in [1.54, 1.807) is 27.7 Å². The zero-order valence-corrected chi connectivity index (χ0v) is 10.9. The van der Waals surface area contributed by atoms with Crippen molar-refractivity contribution in [2.75, 3.05) is 6.61 Å². The number of hydrogen-bond acceptors (Lipinski definition) is 4. The number of esters is 1. The van der Waals surface area contributed by atoms with Crippen LogP contribution in [0.15, 0.2) is 12.7 Å². The molecule has 0 heterocycles. The Morgan fingerprint density at radius 3 is 2.47 bits per heavy atom. The standard InChI is InChI=1S/C12H21NO4/c1-6-7-16-13-11(15)9(2)8-10(14)17-12(3,4)5/h6,9H,1,7-8H2,2-5H3,(H,13,15)/t9-/m0/s1. The van der Waals surface area contributed by atoms with Crippen LogP contribution in [0.25, 0.3) is 0 Å². The summed E-state index contributed by atoms with van der Waals surface area (Å²) in [6, 6.07) is 0. The highest BCUT2D eigenvalue weighted by molar-refractivity contribution is 5.82. The zero-order valence-electron chi connectivity index (χ0n) is 10.9. The number of hydroxylamine groups is 1. The van der Waals surface area contributed by atoms with Gasteiger partial charge in [-0.3, -0.25) is 14.4 Å². The Hall–Kier alpha value is -1.36. The molecule has 0 aliphatic carbocycles. The highest BCUT2D eigenvalue weighted by Crippen LogP contribution is 2.11. The Kier molecular flexibility index (Phi) is 6.50. The fourth-order valence-corrected chi connectivity index (χ4v) is 0.998. The van der Waals surface area contributed by atoms with Crippen LogP contribution in [0.2, 0.25) is 0 Å². The van der Waals surface area contributed by atoms with Gasteiger partial charge in [0.1, 0.15) is 5.60 Å². The van der Waals surface area contributed by atoms with Gasteiger partial charge in [0.25, 0.3) is 0 Å². The number of rotatable bonds is 6.